The summed E-state index contributed by atoms with van der Waals surface area (Å²) < 4.78 is 13.5. The quantitative estimate of drug-likeness (QED) is 0.907. The maximum absolute atomic E-state index is 13.5. The Labute approximate surface area is 134 Å². The minimum absolute atomic E-state index is 0.0590. The van der Waals surface area contributed by atoms with Gasteiger partial charge in [-0.2, -0.15) is 5.10 Å². The Kier molecular flexibility index (Phi) is 4.17. The number of carbonyl (C=O) groups is 1. The number of likely N-dealkylation sites (tertiary alicyclic amines) is 1. The maximum atomic E-state index is 13.5. The summed E-state index contributed by atoms with van der Waals surface area (Å²) in [5.74, 6) is -0.722. The second-order valence-electron chi connectivity index (χ2n) is 6.30. The van der Waals surface area contributed by atoms with Gasteiger partial charge in [-0.25, -0.2) is 4.39 Å². The van der Waals surface area contributed by atoms with Crippen molar-refractivity contribution in [2.24, 2.45) is 5.92 Å². The first-order valence-corrected chi connectivity index (χ1v) is 7.68. The molecule has 3 rings (SSSR count). The van der Waals surface area contributed by atoms with Gasteiger partial charge in [0.25, 0.3) is 5.91 Å². The number of H-pyrrole nitrogens is 1. The number of amides is 1. The third kappa shape index (κ3) is 3.42. The molecular weight excluding hydrogens is 297 g/mol. The predicted molar refractivity (Wildman–Crippen MR) is 83.6 cm³/mol. The van der Waals surface area contributed by atoms with Crippen LogP contribution in [0.3, 0.4) is 0 Å². The highest BCUT2D eigenvalue weighted by molar-refractivity contribution is 5.94. The number of hydrogen-bond donors (Lipinski definition) is 2. The minimum atomic E-state index is -0.592. The van der Waals surface area contributed by atoms with E-state index in [1.807, 2.05) is 13.0 Å². The first-order chi connectivity index (χ1) is 10.9. The van der Waals surface area contributed by atoms with E-state index in [0.29, 0.717) is 24.1 Å². The highest BCUT2D eigenvalue weighted by Crippen LogP contribution is 2.23. The largest absolute Gasteiger partial charge is 0.391 e. The average Bonchev–Trinajstić information content (AvgIpc) is 3.04. The first-order valence-electron chi connectivity index (χ1n) is 7.68. The number of halogens is 1. The van der Waals surface area contributed by atoms with Crippen molar-refractivity contribution in [2.75, 3.05) is 13.1 Å². The molecule has 1 aromatic carbocycles. The maximum Gasteiger partial charge on any atom is 0.254 e. The molecule has 1 aliphatic rings. The molecule has 5 nitrogen and oxygen atoms in total. The number of aryl methyl sites for hydroxylation is 2. The number of aliphatic hydroxyl groups is 1. The molecule has 0 bridgehead atoms. The van der Waals surface area contributed by atoms with Crippen molar-refractivity contribution in [3.8, 4) is 0 Å². The van der Waals surface area contributed by atoms with E-state index in [1.54, 1.807) is 17.9 Å². The molecule has 23 heavy (non-hydrogen) atoms. The molecule has 2 atom stereocenters. The van der Waals surface area contributed by atoms with Crippen LogP contribution in [0, 0.1) is 25.6 Å². The van der Waals surface area contributed by atoms with Crippen molar-refractivity contribution in [3.05, 3.63) is 52.6 Å². The SMILES string of the molecule is Cc1cc(F)cc(C(=O)N2CC(O)C(Cc3cc(C)[nH]n3)C2)c1. The van der Waals surface area contributed by atoms with Crippen molar-refractivity contribution in [2.45, 2.75) is 26.4 Å². The van der Waals surface area contributed by atoms with Crippen LogP contribution >= 0.6 is 0 Å². The number of aliphatic hydroxyl groups excluding tert-OH is 1. The lowest BCUT2D eigenvalue weighted by Gasteiger charge is -2.16. The van der Waals surface area contributed by atoms with E-state index in [4.69, 9.17) is 0 Å². The number of benzene rings is 1. The Bertz CT molecular complexity index is 708. The Morgan fingerprint density at radius 1 is 1.35 bits per heavy atom. The second-order valence-corrected chi connectivity index (χ2v) is 6.30. The van der Waals surface area contributed by atoms with Gasteiger partial charge in [0.1, 0.15) is 5.82 Å². The molecule has 2 aromatic rings. The summed E-state index contributed by atoms with van der Waals surface area (Å²) in [5, 5.41) is 17.3. The van der Waals surface area contributed by atoms with Gasteiger partial charge in [-0.05, 0) is 50.1 Å². The molecule has 1 aliphatic heterocycles. The van der Waals surface area contributed by atoms with Gasteiger partial charge < -0.3 is 10.0 Å². The van der Waals surface area contributed by atoms with Crippen LogP contribution in [-0.4, -0.2) is 45.3 Å². The normalized spacial score (nSPS) is 21.0. The fourth-order valence-corrected chi connectivity index (χ4v) is 3.11. The van der Waals surface area contributed by atoms with Crippen LogP contribution in [0.2, 0.25) is 0 Å². The smallest absolute Gasteiger partial charge is 0.254 e. The van der Waals surface area contributed by atoms with Gasteiger partial charge >= 0.3 is 0 Å². The summed E-state index contributed by atoms with van der Waals surface area (Å²) in [5.41, 5.74) is 2.88. The fourth-order valence-electron chi connectivity index (χ4n) is 3.11. The molecule has 0 radical (unpaired) electrons. The van der Waals surface area contributed by atoms with Gasteiger partial charge in [0, 0.05) is 30.3 Å². The standard InChI is InChI=1S/C17H20FN3O2/c1-10-3-12(6-14(18)4-10)17(23)21-8-13(16(22)9-21)7-15-5-11(2)19-20-15/h3-6,13,16,22H,7-9H2,1-2H3,(H,19,20). The van der Waals surface area contributed by atoms with Gasteiger partial charge in [-0.1, -0.05) is 0 Å². The predicted octanol–water partition coefficient (Wildman–Crippen LogP) is 1.84. The van der Waals surface area contributed by atoms with Crippen LogP contribution < -0.4 is 0 Å². The summed E-state index contributed by atoms with van der Waals surface area (Å²) in [7, 11) is 0. The number of nitrogens with one attached hydrogen (secondary N) is 1. The summed E-state index contributed by atoms with van der Waals surface area (Å²) in [6, 6.07) is 6.24. The molecule has 1 aromatic heterocycles. The lowest BCUT2D eigenvalue weighted by molar-refractivity contribution is 0.0764. The number of rotatable bonds is 3. The van der Waals surface area contributed by atoms with Crippen LogP contribution in [0.5, 0.6) is 0 Å². The van der Waals surface area contributed by atoms with Gasteiger partial charge in [0.2, 0.25) is 0 Å². The topological polar surface area (TPSA) is 69.2 Å². The fraction of sp³-hybridized carbons (Fsp3) is 0.412. The zero-order valence-corrected chi connectivity index (χ0v) is 13.2. The van der Waals surface area contributed by atoms with Gasteiger partial charge in [-0.3, -0.25) is 9.89 Å². The Morgan fingerprint density at radius 2 is 2.13 bits per heavy atom. The minimum Gasteiger partial charge on any atom is -0.391 e. The third-order valence-electron chi connectivity index (χ3n) is 4.21. The van der Waals surface area contributed by atoms with E-state index < -0.39 is 11.9 Å². The molecule has 1 saturated heterocycles. The molecule has 2 unspecified atom stereocenters. The Hall–Kier alpha value is -2.21. The molecule has 6 heteroatoms. The summed E-state index contributed by atoms with van der Waals surface area (Å²) >= 11 is 0. The summed E-state index contributed by atoms with van der Waals surface area (Å²) in [4.78, 5) is 14.1. The van der Waals surface area contributed by atoms with Crippen LogP contribution in [0.15, 0.2) is 24.3 Å². The number of aromatic nitrogens is 2. The number of carbonyl (C=O) groups excluding carboxylic acids is 1. The molecule has 1 fully saturated rings. The van der Waals surface area contributed by atoms with E-state index in [0.717, 1.165) is 11.4 Å². The van der Waals surface area contributed by atoms with E-state index in [1.165, 1.54) is 12.1 Å². The van der Waals surface area contributed by atoms with E-state index in [2.05, 4.69) is 10.2 Å². The molecular formula is C17H20FN3O2. The second kappa shape index (κ2) is 6.12. The molecule has 0 spiro atoms. The molecule has 2 heterocycles. The average molecular weight is 317 g/mol. The van der Waals surface area contributed by atoms with Crippen molar-refractivity contribution < 1.29 is 14.3 Å². The lowest BCUT2D eigenvalue weighted by atomic mass is 10.00. The monoisotopic (exact) mass is 317 g/mol. The lowest BCUT2D eigenvalue weighted by Crippen LogP contribution is -2.29. The number of aromatic amines is 1. The summed E-state index contributed by atoms with van der Waals surface area (Å²) in [6.45, 7) is 4.38. The molecule has 0 saturated carbocycles. The number of nitrogens with zero attached hydrogens (tertiary/aromatic N) is 2. The van der Waals surface area contributed by atoms with Crippen molar-refractivity contribution >= 4 is 5.91 Å². The van der Waals surface area contributed by atoms with E-state index in [9.17, 15) is 14.3 Å². The highest BCUT2D eigenvalue weighted by atomic mass is 19.1. The molecule has 0 aliphatic carbocycles. The van der Waals surface area contributed by atoms with E-state index >= 15 is 0 Å². The zero-order chi connectivity index (χ0) is 16.6. The van der Waals surface area contributed by atoms with Crippen LogP contribution in [-0.2, 0) is 6.42 Å². The highest BCUT2D eigenvalue weighted by Gasteiger charge is 2.34. The van der Waals surface area contributed by atoms with Gasteiger partial charge in [0.15, 0.2) is 0 Å². The third-order valence-corrected chi connectivity index (χ3v) is 4.21. The number of β-amino-alcohol motifs (C(OH)–C–C–N with tert-alkyl or cyclic N) is 1. The Morgan fingerprint density at radius 3 is 2.78 bits per heavy atom. The first kappa shape index (κ1) is 15.7. The Balaban J connectivity index is 1.71. The van der Waals surface area contributed by atoms with Crippen molar-refractivity contribution in [1.82, 2.24) is 15.1 Å². The van der Waals surface area contributed by atoms with Crippen LogP contribution in [0.1, 0.15) is 27.3 Å². The van der Waals surface area contributed by atoms with Crippen molar-refractivity contribution in [3.63, 3.8) is 0 Å². The van der Waals surface area contributed by atoms with E-state index in [-0.39, 0.29) is 18.4 Å². The van der Waals surface area contributed by atoms with Crippen LogP contribution in [0.25, 0.3) is 0 Å². The van der Waals surface area contributed by atoms with Crippen molar-refractivity contribution in [1.29, 1.82) is 0 Å². The molecule has 122 valence electrons. The van der Waals surface area contributed by atoms with Gasteiger partial charge in [0.05, 0.1) is 11.8 Å². The summed E-state index contributed by atoms with van der Waals surface area (Å²) in [6.07, 6.45) is 0.0166. The van der Waals surface area contributed by atoms with Gasteiger partial charge in [-0.15, -0.1) is 0 Å². The molecule has 2 N–H and O–H groups in total. The van der Waals surface area contributed by atoms with Crippen LogP contribution in [0.4, 0.5) is 4.39 Å². The number of hydrogen-bond acceptors (Lipinski definition) is 3. The zero-order valence-electron chi connectivity index (χ0n) is 13.2. The molecule has 1 amide bonds.